The first kappa shape index (κ1) is 12.8. The lowest BCUT2D eigenvalue weighted by atomic mass is 10.0. The first-order chi connectivity index (χ1) is 10.7. The van der Waals surface area contributed by atoms with Crippen LogP contribution in [0.5, 0.6) is 0 Å². The summed E-state index contributed by atoms with van der Waals surface area (Å²) in [6.07, 6.45) is 1.67. The van der Waals surface area contributed by atoms with Crippen LogP contribution in [0.4, 0.5) is 0 Å². The largest absolute Gasteiger partial charge is 0.465 e. The smallest absolute Gasteiger partial charge is 0.339 e. The zero-order valence-electron chi connectivity index (χ0n) is 12.3. The van der Waals surface area contributed by atoms with Gasteiger partial charge in [-0.2, -0.15) is 0 Å². The molecule has 0 saturated heterocycles. The highest BCUT2D eigenvalue weighted by atomic mass is 16.5. The Morgan fingerprint density at radius 1 is 1.18 bits per heavy atom. The molecule has 0 spiro atoms. The van der Waals surface area contributed by atoms with Crippen molar-refractivity contribution >= 4 is 38.7 Å². The number of hydrogen-bond acceptors (Lipinski definition) is 3. The number of carbonyl (C=O) groups excluding carboxylic acids is 1. The second-order valence-electron chi connectivity index (χ2n) is 5.39. The van der Waals surface area contributed by atoms with Crippen LogP contribution in [0.25, 0.3) is 32.7 Å². The van der Waals surface area contributed by atoms with Crippen LogP contribution in [0.3, 0.4) is 0 Å². The zero-order valence-corrected chi connectivity index (χ0v) is 12.3. The Balaban J connectivity index is 2.18. The van der Waals surface area contributed by atoms with Crippen molar-refractivity contribution < 1.29 is 9.53 Å². The summed E-state index contributed by atoms with van der Waals surface area (Å²) < 4.78 is 4.80. The fourth-order valence-electron chi connectivity index (χ4n) is 3.03. The Morgan fingerprint density at radius 2 is 2.00 bits per heavy atom. The molecule has 0 aliphatic rings. The van der Waals surface area contributed by atoms with Gasteiger partial charge in [0.15, 0.2) is 0 Å². The quantitative estimate of drug-likeness (QED) is 0.540. The molecule has 4 rings (SSSR count). The van der Waals surface area contributed by atoms with E-state index in [0.717, 1.165) is 32.7 Å². The fraction of sp³-hybridized carbons (Fsp3) is 0.111. The summed E-state index contributed by atoms with van der Waals surface area (Å²) >= 11 is 0. The van der Waals surface area contributed by atoms with Gasteiger partial charge in [0.25, 0.3) is 0 Å². The van der Waals surface area contributed by atoms with E-state index >= 15 is 0 Å². The molecule has 0 unspecified atom stereocenters. The molecule has 0 fully saturated rings. The van der Waals surface area contributed by atoms with Crippen molar-refractivity contribution in [3.63, 3.8) is 0 Å². The predicted octanol–water partition coefficient (Wildman–Crippen LogP) is 3.96. The molecule has 0 aliphatic carbocycles. The molecule has 4 heteroatoms. The van der Waals surface area contributed by atoms with Crippen molar-refractivity contribution in [3.8, 4) is 0 Å². The third-order valence-corrected chi connectivity index (χ3v) is 4.05. The van der Waals surface area contributed by atoms with Crippen molar-refractivity contribution in [2.75, 3.05) is 7.11 Å². The van der Waals surface area contributed by atoms with Crippen LogP contribution < -0.4 is 0 Å². The van der Waals surface area contributed by atoms with Gasteiger partial charge in [-0.15, -0.1) is 0 Å². The third kappa shape index (κ3) is 1.70. The second-order valence-corrected chi connectivity index (χ2v) is 5.39. The topological polar surface area (TPSA) is 55.0 Å². The Morgan fingerprint density at radius 3 is 2.82 bits per heavy atom. The Bertz CT molecular complexity index is 1050. The average molecular weight is 290 g/mol. The van der Waals surface area contributed by atoms with E-state index in [9.17, 15) is 4.79 Å². The minimum atomic E-state index is -0.358. The van der Waals surface area contributed by atoms with Crippen LogP contribution in [-0.4, -0.2) is 23.0 Å². The number of aryl methyl sites for hydroxylation is 1. The number of nitrogens with one attached hydrogen (secondary N) is 1. The molecule has 4 nitrogen and oxygen atoms in total. The highest BCUT2D eigenvalue weighted by molar-refractivity contribution is 6.18. The number of esters is 1. The van der Waals surface area contributed by atoms with Crippen molar-refractivity contribution in [2.24, 2.45) is 0 Å². The first-order valence-corrected chi connectivity index (χ1v) is 7.07. The summed E-state index contributed by atoms with van der Waals surface area (Å²) in [5.41, 5.74) is 4.50. The molecule has 2 heterocycles. The van der Waals surface area contributed by atoms with E-state index in [1.807, 2.05) is 24.3 Å². The number of carbonyl (C=O) groups is 1. The molecule has 0 aliphatic heterocycles. The second kappa shape index (κ2) is 4.56. The van der Waals surface area contributed by atoms with Gasteiger partial charge in [0.1, 0.15) is 0 Å². The summed E-state index contributed by atoms with van der Waals surface area (Å²) in [4.78, 5) is 19.7. The molecule has 0 radical (unpaired) electrons. The summed E-state index contributed by atoms with van der Waals surface area (Å²) in [6.45, 7) is 2.08. The van der Waals surface area contributed by atoms with Crippen molar-refractivity contribution in [1.82, 2.24) is 9.97 Å². The van der Waals surface area contributed by atoms with Crippen LogP contribution >= 0.6 is 0 Å². The Labute approximate surface area is 126 Å². The molecule has 108 valence electrons. The molecular weight excluding hydrogens is 276 g/mol. The zero-order chi connectivity index (χ0) is 15.3. The number of benzene rings is 2. The lowest BCUT2D eigenvalue weighted by Crippen LogP contribution is -2.01. The van der Waals surface area contributed by atoms with E-state index in [4.69, 9.17) is 9.72 Å². The predicted molar refractivity (Wildman–Crippen MR) is 87.2 cm³/mol. The molecule has 22 heavy (non-hydrogen) atoms. The Hall–Kier alpha value is -2.88. The van der Waals surface area contributed by atoms with Gasteiger partial charge in [0.05, 0.1) is 23.7 Å². The van der Waals surface area contributed by atoms with Gasteiger partial charge >= 0.3 is 5.97 Å². The number of fused-ring (bicyclic) bond motifs is 5. The first-order valence-electron chi connectivity index (χ1n) is 7.07. The van der Waals surface area contributed by atoms with Gasteiger partial charge in [-0.3, -0.25) is 0 Å². The molecule has 0 saturated carbocycles. The number of hydrogen-bond donors (Lipinski definition) is 1. The maximum absolute atomic E-state index is 11.8. The lowest BCUT2D eigenvalue weighted by Gasteiger charge is -2.06. The Kier molecular flexibility index (Phi) is 2.66. The van der Waals surface area contributed by atoms with Crippen molar-refractivity contribution in [1.29, 1.82) is 0 Å². The third-order valence-electron chi connectivity index (χ3n) is 4.05. The summed E-state index contributed by atoms with van der Waals surface area (Å²) in [5, 5.41) is 3.21. The number of aromatic amines is 1. The van der Waals surface area contributed by atoms with E-state index in [-0.39, 0.29) is 5.97 Å². The standard InChI is InChI=1S/C18H14N2O2/c1-10-7-15-13(8-11(9-19-15)18(21)22-2)17-16(10)12-5-3-4-6-14(12)20-17/h3-9,19H,1-2H3. The van der Waals surface area contributed by atoms with E-state index in [1.54, 1.807) is 6.20 Å². The number of methoxy groups -OCH3 is 1. The molecule has 2 aromatic carbocycles. The molecule has 0 amide bonds. The van der Waals surface area contributed by atoms with E-state index in [2.05, 4.69) is 24.0 Å². The van der Waals surface area contributed by atoms with E-state index in [0.29, 0.717) is 5.56 Å². The van der Waals surface area contributed by atoms with Crippen molar-refractivity contribution in [2.45, 2.75) is 6.92 Å². The lowest BCUT2D eigenvalue weighted by molar-refractivity contribution is 0.0600. The van der Waals surface area contributed by atoms with Crippen LogP contribution in [0, 0.1) is 6.92 Å². The molecule has 0 atom stereocenters. The number of aromatic nitrogens is 2. The molecule has 4 aromatic rings. The summed E-state index contributed by atoms with van der Waals surface area (Å²) in [7, 11) is 1.38. The highest BCUT2D eigenvalue weighted by Crippen LogP contribution is 2.33. The SMILES string of the molecule is COC(=O)c1c[nH]c2cc(C)c3c4ccccc4nc3c2c1. The van der Waals surface area contributed by atoms with Crippen LogP contribution in [0.2, 0.25) is 0 Å². The minimum Gasteiger partial charge on any atom is -0.465 e. The van der Waals surface area contributed by atoms with Crippen LogP contribution in [-0.2, 0) is 4.74 Å². The number of ether oxygens (including phenoxy) is 1. The highest BCUT2D eigenvalue weighted by Gasteiger charge is 2.14. The van der Waals surface area contributed by atoms with E-state index < -0.39 is 0 Å². The van der Waals surface area contributed by atoms with Gasteiger partial charge in [-0.25, -0.2) is 9.78 Å². The van der Waals surface area contributed by atoms with Crippen LogP contribution in [0.15, 0.2) is 42.6 Å². The number of pyridine rings is 1. The molecular formula is C18H14N2O2. The fourth-order valence-corrected chi connectivity index (χ4v) is 3.03. The monoisotopic (exact) mass is 290 g/mol. The number of para-hydroxylation sites is 1. The maximum Gasteiger partial charge on any atom is 0.339 e. The molecule has 1 N–H and O–H groups in total. The van der Waals surface area contributed by atoms with Gasteiger partial charge < -0.3 is 9.72 Å². The maximum atomic E-state index is 11.8. The van der Waals surface area contributed by atoms with Crippen molar-refractivity contribution in [3.05, 3.63) is 53.7 Å². The van der Waals surface area contributed by atoms with Crippen LogP contribution in [0.1, 0.15) is 15.9 Å². The number of rotatable bonds is 1. The average Bonchev–Trinajstić information content (AvgIpc) is 2.94. The van der Waals surface area contributed by atoms with Gasteiger partial charge in [0.2, 0.25) is 0 Å². The number of H-pyrrole nitrogens is 1. The molecule has 2 aromatic heterocycles. The number of nitrogens with zero attached hydrogens (tertiary/aromatic N) is 1. The minimum absolute atomic E-state index is 0.358. The summed E-state index contributed by atoms with van der Waals surface area (Å²) in [6, 6.07) is 12.0. The normalized spacial score (nSPS) is 11.4. The van der Waals surface area contributed by atoms with E-state index in [1.165, 1.54) is 12.7 Å². The molecule has 0 bridgehead atoms. The van der Waals surface area contributed by atoms with Gasteiger partial charge in [0, 0.05) is 27.9 Å². The van der Waals surface area contributed by atoms with Gasteiger partial charge in [-0.1, -0.05) is 18.2 Å². The summed E-state index contributed by atoms with van der Waals surface area (Å²) in [5.74, 6) is -0.358. The van der Waals surface area contributed by atoms with Gasteiger partial charge in [-0.05, 0) is 30.7 Å².